The Kier molecular flexibility index (Phi) is 4.71. The minimum Gasteiger partial charge on any atom is -0.379 e. The third-order valence-electron chi connectivity index (χ3n) is 4.97. The van der Waals surface area contributed by atoms with Gasteiger partial charge < -0.3 is 10.1 Å². The van der Waals surface area contributed by atoms with E-state index >= 15 is 0 Å². The summed E-state index contributed by atoms with van der Waals surface area (Å²) in [4.78, 5) is 2.64. The van der Waals surface area contributed by atoms with E-state index in [0.29, 0.717) is 18.0 Å². The summed E-state index contributed by atoms with van der Waals surface area (Å²) in [6.45, 7) is 3.96. The largest absolute Gasteiger partial charge is 0.379 e. The van der Waals surface area contributed by atoms with Gasteiger partial charge >= 0.3 is 0 Å². The topological polar surface area (TPSA) is 24.5 Å². The molecule has 3 atom stereocenters. The van der Waals surface area contributed by atoms with Crippen molar-refractivity contribution in [2.24, 2.45) is 0 Å². The number of benzene rings is 1. The van der Waals surface area contributed by atoms with E-state index in [1.54, 1.807) is 0 Å². The highest BCUT2D eigenvalue weighted by Gasteiger charge is 2.34. The summed E-state index contributed by atoms with van der Waals surface area (Å²) in [5.74, 6) is 0.716. The van der Waals surface area contributed by atoms with Crippen molar-refractivity contribution in [3.63, 3.8) is 0 Å². The van der Waals surface area contributed by atoms with Gasteiger partial charge in [0.25, 0.3) is 0 Å². The number of ether oxygens (including phenoxy) is 1. The number of rotatable bonds is 3. The quantitative estimate of drug-likeness (QED) is 0.915. The average Bonchev–Trinajstić information content (AvgIpc) is 2.56. The van der Waals surface area contributed by atoms with Crippen LogP contribution in [0, 0.1) is 0 Å². The van der Waals surface area contributed by atoms with Crippen LogP contribution in [-0.2, 0) is 4.74 Å². The SMILES string of the molecule is CNC1CCC(c2ccccc2)CC1N1CCOCC1. The first-order valence-electron chi connectivity index (χ1n) is 7.92. The van der Waals surface area contributed by atoms with Gasteiger partial charge in [0.15, 0.2) is 0 Å². The first-order valence-corrected chi connectivity index (χ1v) is 7.92. The van der Waals surface area contributed by atoms with Crippen LogP contribution in [0.3, 0.4) is 0 Å². The normalized spacial score (nSPS) is 32.1. The molecule has 1 saturated carbocycles. The summed E-state index contributed by atoms with van der Waals surface area (Å²) in [6, 6.07) is 12.3. The number of morpholine rings is 1. The van der Waals surface area contributed by atoms with Gasteiger partial charge in [0.05, 0.1) is 13.2 Å². The van der Waals surface area contributed by atoms with Crippen LogP contribution in [0.15, 0.2) is 30.3 Å². The number of hydrogen-bond acceptors (Lipinski definition) is 3. The van der Waals surface area contributed by atoms with E-state index in [4.69, 9.17) is 4.74 Å². The molecular formula is C17H26N2O. The van der Waals surface area contributed by atoms with E-state index in [1.807, 2.05) is 0 Å². The van der Waals surface area contributed by atoms with Gasteiger partial charge in [0.2, 0.25) is 0 Å². The van der Waals surface area contributed by atoms with Crippen molar-refractivity contribution in [3.05, 3.63) is 35.9 Å². The molecule has 1 aromatic carbocycles. The highest BCUT2D eigenvalue weighted by molar-refractivity contribution is 5.21. The predicted octanol–water partition coefficient (Wildman–Crippen LogP) is 2.24. The molecule has 1 heterocycles. The molecule has 3 heteroatoms. The molecule has 0 aromatic heterocycles. The average molecular weight is 274 g/mol. The lowest BCUT2D eigenvalue weighted by molar-refractivity contribution is -0.00183. The Morgan fingerprint density at radius 3 is 2.55 bits per heavy atom. The Balaban J connectivity index is 1.72. The molecule has 0 bridgehead atoms. The fourth-order valence-electron chi connectivity index (χ4n) is 3.82. The molecule has 3 unspecified atom stereocenters. The maximum Gasteiger partial charge on any atom is 0.0594 e. The Bertz CT molecular complexity index is 403. The molecule has 3 nitrogen and oxygen atoms in total. The molecule has 1 aliphatic heterocycles. The van der Waals surface area contributed by atoms with Crippen LogP contribution in [-0.4, -0.2) is 50.3 Å². The first-order chi connectivity index (χ1) is 9.88. The molecule has 0 spiro atoms. The molecule has 20 heavy (non-hydrogen) atoms. The van der Waals surface area contributed by atoms with Crippen molar-refractivity contribution >= 4 is 0 Å². The molecule has 3 rings (SSSR count). The van der Waals surface area contributed by atoms with Crippen LogP contribution >= 0.6 is 0 Å². The smallest absolute Gasteiger partial charge is 0.0594 e. The van der Waals surface area contributed by atoms with Gasteiger partial charge in [-0.05, 0) is 37.8 Å². The van der Waals surface area contributed by atoms with Crippen molar-refractivity contribution < 1.29 is 4.74 Å². The highest BCUT2D eigenvalue weighted by Crippen LogP contribution is 2.35. The van der Waals surface area contributed by atoms with Crippen molar-refractivity contribution in [1.29, 1.82) is 0 Å². The zero-order valence-electron chi connectivity index (χ0n) is 12.4. The van der Waals surface area contributed by atoms with E-state index in [1.165, 1.54) is 24.8 Å². The zero-order valence-corrected chi connectivity index (χ0v) is 12.4. The first kappa shape index (κ1) is 14.1. The summed E-state index contributed by atoms with van der Waals surface area (Å²) < 4.78 is 5.51. The molecule has 1 aliphatic carbocycles. The van der Waals surface area contributed by atoms with Crippen LogP contribution in [0.2, 0.25) is 0 Å². The molecule has 0 radical (unpaired) electrons. The monoisotopic (exact) mass is 274 g/mol. The summed E-state index contributed by atoms with van der Waals surface area (Å²) in [6.07, 6.45) is 3.85. The fraction of sp³-hybridized carbons (Fsp3) is 0.647. The summed E-state index contributed by atoms with van der Waals surface area (Å²) in [7, 11) is 2.11. The third-order valence-corrected chi connectivity index (χ3v) is 4.97. The highest BCUT2D eigenvalue weighted by atomic mass is 16.5. The lowest BCUT2D eigenvalue weighted by Crippen LogP contribution is -2.55. The molecule has 1 saturated heterocycles. The Morgan fingerprint density at radius 2 is 1.85 bits per heavy atom. The van der Waals surface area contributed by atoms with Crippen molar-refractivity contribution in [1.82, 2.24) is 10.2 Å². The van der Waals surface area contributed by atoms with Gasteiger partial charge in [-0.3, -0.25) is 4.90 Å². The predicted molar refractivity (Wildman–Crippen MR) is 82.1 cm³/mol. The van der Waals surface area contributed by atoms with Gasteiger partial charge in [0, 0.05) is 25.2 Å². The van der Waals surface area contributed by atoms with E-state index in [-0.39, 0.29) is 0 Å². The minimum absolute atomic E-state index is 0.632. The molecular weight excluding hydrogens is 248 g/mol. The minimum atomic E-state index is 0.632. The van der Waals surface area contributed by atoms with Crippen molar-refractivity contribution in [2.45, 2.75) is 37.3 Å². The van der Waals surface area contributed by atoms with E-state index in [9.17, 15) is 0 Å². The van der Waals surface area contributed by atoms with Crippen LogP contribution in [0.4, 0.5) is 0 Å². The molecule has 0 amide bonds. The van der Waals surface area contributed by atoms with Gasteiger partial charge in [-0.2, -0.15) is 0 Å². The Hall–Kier alpha value is -0.900. The maximum absolute atomic E-state index is 5.51. The molecule has 1 N–H and O–H groups in total. The van der Waals surface area contributed by atoms with E-state index in [2.05, 4.69) is 47.6 Å². The lowest BCUT2D eigenvalue weighted by atomic mass is 9.78. The van der Waals surface area contributed by atoms with Crippen LogP contribution in [0.25, 0.3) is 0 Å². The second-order valence-corrected chi connectivity index (χ2v) is 6.03. The van der Waals surface area contributed by atoms with Gasteiger partial charge in [-0.1, -0.05) is 30.3 Å². The summed E-state index contributed by atoms with van der Waals surface area (Å²) in [5, 5.41) is 3.54. The number of hydrogen-bond donors (Lipinski definition) is 1. The van der Waals surface area contributed by atoms with Crippen LogP contribution < -0.4 is 5.32 Å². The Labute approximate surface area is 122 Å². The second kappa shape index (κ2) is 6.70. The molecule has 110 valence electrons. The molecule has 2 fully saturated rings. The van der Waals surface area contributed by atoms with Gasteiger partial charge in [0.1, 0.15) is 0 Å². The molecule has 2 aliphatic rings. The number of nitrogens with zero attached hydrogens (tertiary/aromatic N) is 1. The summed E-state index contributed by atoms with van der Waals surface area (Å²) in [5.41, 5.74) is 1.51. The van der Waals surface area contributed by atoms with Crippen LogP contribution in [0.5, 0.6) is 0 Å². The molecule has 1 aromatic rings. The summed E-state index contributed by atoms with van der Waals surface area (Å²) >= 11 is 0. The van der Waals surface area contributed by atoms with E-state index in [0.717, 1.165) is 26.3 Å². The number of nitrogens with one attached hydrogen (secondary N) is 1. The zero-order chi connectivity index (χ0) is 13.8. The van der Waals surface area contributed by atoms with E-state index < -0.39 is 0 Å². The lowest BCUT2D eigenvalue weighted by Gasteiger charge is -2.44. The third kappa shape index (κ3) is 3.05. The standard InChI is InChI=1S/C17H26N2O/c1-18-16-8-7-15(14-5-3-2-4-6-14)13-17(16)19-9-11-20-12-10-19/h2-6,15-18H,7-13H2,1H3. The number of likely N-dealkylation sites (N-methyl/N-ethyl adjacent to an activating group) is 1. The fourth-order valence-corrected chi connectivity index (χ4v) is 3.82. The van der Waals surface area contributed by atoms with Crippen molar-refractivity contribution in [2.75, 3.05) is 33.4 Å². The second-order valence-electron chi connectivity index (χ2n) is 6.03. The maximum atomic E-state index is 5.51. The van der Waals surface area contributed by atoms with Gasteiger partial charge in [-0.25, -0.2) is 0 Å². The Morgan fingerprint density at radius 1 is 1.10 bits per heavy atom. The van der Waals surface area contributed by atoms with Crippen LogP contribution in [0.1, 0.15) is 30.7 Å². The van der Waals surface area contributed by atoms with Crippen molar-refractivity contribution in [3.8, 4) is 0 Å². The van der Waals surface area contributed by atoms with Gasteiger partial charge in [-0.15, -0.1) is 0 Å².